The Morgan fingerprint density at radius 2 is 1.58 bits per heavy atom. The van der Waals surface area contributed by atoms with Crippen LogP contribution in [0.25, 0.3) is 22.6 Å². The topological polar surface area (TPSA) is 30.7 Å². The summed E-state index contributed by atoms with van der Waals surface area (Å²) in [4.78, 5) is 9.35. The van der Waals surface area contributed by atoms with E-state index in [-0.39, 0.29) is 5.41 Å². The lowest BCUT2D eigenvalue weighted by atomic mass is 9.87. The van der Waals surface area contributed by atoms with Crippen molar-refractivity contribution in [2.75, 3.05) is 0 Å². The Labute approximate surface area is 154 Å². The minimum atomic E-state index is 0.166. The van der Waals surface area contributed by atoms with Crippen molar-refractivity contribution in [2.24, 2.45) is 0 Å². The first kappa shape index (κ1) is 16.5. The lowest BCUT2D eigenvalue weighted by molar-refractivity contribution is 0.590. The van der Waals surface area contributed by atoms with E-state index in [9.17, 15) is 0 Å². The van der Waals surface area contributed by atoms with Crippen LogP contribution in [0.15, 0.2) is 72.9 Å². The second-order valence-corrected chi connectivity index (χ2v) is 7.67. The van der Waals surface area contributed by atoms with Gasteiger partial charge in [0.15, 0.2) is 5.82 Å². The first-order chi connectivity index (χ1) is 12.5. The highest BCUT2D eigenvalue weighted by atomic mass is 15.1. The third-order valence-corrected chi connectivity index (χ3v) is 4.71. The zero-order valence-corrected chi connectivity index (χ0v) is 15.5. The maximum Gasteiger partial charge on any atom is 0.160 e. The summed E-state index contributed by atoms with van der Waals surface area (Å²) in [6.07, 6.45) is 1.82. The summed E-state index contributed by atoms with van der Waals surface area (Å²) in [7, 11) is 0. The number of hydrogen-bond donors (Lipinski definition) is 0. The molecule has 0 atom stereocenters. The van der Waals surface area contributed by atoms with Crippen LogP contribution in [-0.4, -0.2) is 14.5 Å². The van der Waals surface area contributed by atoms with E-state index in [2.05, 4.69) is 72.8 Å². The third-order valence-electron chi connectivity index (χ3n) is 4.71. The molecular formula is C23H23N3. The summed E-state index contributed by atoms with van der Waals surface area (Å²) >= 11 is 0. The summed E-state index contributed by atoms with van der Waals surface area (Å²) in [6, 6.07) is 23.1. The molecule has 0 saturated heterocycles. The normalized spacial score (nSPS) is 11.8. The first-order valence-electron chi connectivity index (χ1n) is 8.98. The summed E-state index contributed by atoms with van der Waals surface area (Å²) in [5.74, 6) is 0.909. The van der Waals surface area contributed by atoms with E-state index in [4.69, 9.17) is 4.98 Å². The minimum Gasteiger partial charge on any atom is -0.318 e. The highest BCUT2D eigenvalue weighted by Crippen LogP contribution is 2.26. The molecule has 0 bridgehead atoms. The predicted octanol–water partition coefficient (Wildman–Crippen LogP) is 5.44. The van der Waals surface area contributed by atoms with E-state index < -0.39 is 0 Å². The van der Waals surface area contributed by atoms with Gasteiger partial charge >= 0.3 is 0 Å². The highest BCUT2D eigenvalue weighted by molar-refractivity contribution is 5.80. The zero-order chi connectivity index (χ0) is 18.1. The molecule has 2 aromatic carbocycles. The number of aromatic nitrogens is 3. The van der Waals surface area contributed by atoms with Crippen molar-refractivity contribution in [3.63, 3.8) is 0 Å². The van der Waals surface area contributed by atoms with Crippen LogP contribution in [0.4, 0.5) is 0 Å². The number of para-hydroxylation sites is 2. The molecule has 0 aliphatic rings. The minimum absolute atomic E-state index is 0.166. The van der Waals surface area contributed by atoms with Crippen molar-refractivity contribution in [2.45, 2.75) is 32.7 Å². The van der Waals surface area contributed by atoms with Crippen LogP contribution in [0.2, 0.25) is 0 Å². The average molecular weight is 341 g/mol. The van der Waals surface area contributed by atoms with Crippen molar-refractivity contribution in [3.8, 4) is 11.5 Å². The molecule has 4 rings (SSSR count). The molecule has 0 aliphatic heterocycles. The second kappa shape index (κ2) is 6.41. The van der Waals surface area contributed by atoms with Gasteiger partial charge in [-0.15, -0.1) is 0 Å². The fourth-order valence-electron chi connectivity index (χ4n) is 3.22. The Hall–Kier alpha value is -2.94. The van der Waals surface area contributed by atoms with Gasteiger partial charge in [0.25, 0.3) is 0 Å². The maximum absolute atomic E-state index is 4.84. The number of fused-ring (bicyclic) bond motifs is 1. The van der Waals surface area contributed by atoms with Crippen molar-refractivity contribution in [1.82, 2.24) is 14.5 Å². The van der Waals surface area contributed by atoms with Gasteiger partial charge in [0.1, 0.15) is 5.69 Å². The van der Waals surface area contributed by atoms with E-state index in [1.54, 1.807) is 0 Å². The standard InChI is InChI=1S/C23H23N3/c1-23(2,3)18-13-11-17(12-14-18)16-26-21-10-5-4-8-19(21)25-22(26)20-9-6-7-15-24-20/h4-15H,16H2,1-3H3. The van der Waals surface area contributed by atoms with Gasteiger partial charge < -0.3 is 4.57 Å². The van der Waals surface area contributed by atoms with Crippen LogP contribution in [0.1, 0.15) is 31.9 Å². The number of benzene rings is 2. The molecule has 2 aromatic heterocycles. The molecule has 0 radical (unpaired) electrons. The smallest absolute Gasteiger partial charge is 0.160 e. The van der Waals surface area contributed by atoms with E-state index in [0.29, 0.717) is 0 Å². The molecule has 3 heteroatoms. The van der Waals surface area contributed by atoms with E-state index >= 15 is 0 Å². The van der Waals surface area contributed by atoms with Crippen molar-refractivity contribution < 1.29 is 0 Å². The number of hydrogen-bond acceptors (Lipinski definition) is 2. The summed E-state index contributed by atoms with van der Waals surface area (Å²) < 4.78 is 2.25. The van der Waals surface area contributed by atoms with Crippen LogP contribution < -0.4 is 0 Å². The molecule has 2 heterocycles. The number of rotatable bonds is 3. The Balaban J connectivity index is 1.78. The SMILES string of the molecule is CC(C)(C)c1ccc(Cn2c(-c3ccccn3)nc3ccccc32)cc1. The lowest BCUT2D eigenvalue weighted by Gasteiger charge is -2.19. The number of pyridine rings is 1. The molecule has 4 aromatic rings. The lowest BCUT2D eigenvalue weighted by Crippen LogP contribution is -2.11. The van der Waals surface area contributed by atoms with Gasteiger partial charge in [-0.1, -0.05) is 63.2 Å². The van der Waals surface area contributed by atoms with Gasteiger partial charge in [0.05, 0.1) is 11.0 Å². The fraction of sp³-hybridized carbons (Fsp3) is 0.217. The molecule has 130 valence electrons. The summed E-state index contributed by atoms with van der Waals surface area (Å²) in [5.41, 5.74) is 5.81. The van der Waals surface area contributed by atoms with Crippen LogP contribution in [-0.2, 0) is 12.0 Å². The van der Waals surface area contributed by atoms with Crippen LogP contribution in [0, 0.1) is 0 Å². The van der Waals surface area contributed by atoms with Gasteiger partial charge in [-0.25, -0.2) is 4.98 Å². The number of nitrogens with zero attached hydrogens (tertiary/aromatic N) is 3. The van der Waals surface area contributed by atoms with Gasteiger partial charge in [-0.3, -0.25) is 4.98 Å². The van der Waals surface area contributed by atoms with Crippen LogP contribution in [0.5, 0.6) is 0 Å². The van der Waals surface area contributed by atoms with Crippen molar-refractivity contribution >= 4 is 11.0 Å². The van der Waals surface area contributed by atoms with Gasteiger partial charge in [-0.2, -0.15) is 0 Å². The largest absolute Gasteiger partial charge is 0.318 e. The van der Waals surface area contributed by atoms with E-state index in [0.717, 1.165) is 29.1 Å². The summed E-state index contributed by atoms with van der Waals surface area (Å²) in [5, 5.41) is 0. The molecule has 0 fully saturated rings. The second-order valence-electron chi connectivity index (χ2n) is 7.67. The zero-order valence-electron chi connectivity index (χ0n) is 15.5. The Morgan fingerprint density at radius 3 is 2.27 bits per heavy atom. The molecule has 0 amide bonds. The fourth-order valence-corrected chi connectivity index (χ4v) is 3.22. The van der Waals surface area contributed by atoms with Gasteiger partial charge in [0.2, 0.25) is 0 Å². The van der Waals surface area contributed by atoms with Crippen molar-refractivity contribution in [1.29, 1.82) is 0 Å². The molecule has 0 saturated carbocycles. The summed E-state index contributed by atoms with van der Waals surface area (Å²) in [6.45, 7) is 7.50. The molecule has 26 heavy (non-hydrogen) atoms. The Kier molecular flexibility index (Phi) is 4.08. The van der Waals surface area contributed by atoms with Crippen LogP contribution >= 0.6 is 0 Å². The van der Waals surface area contributed by atoms with E-state index in [1.807, 2.05) is 30.5 Å². The van der Waals surface area contributed by atoms with Gasteiger partial charge in [-0.05, 0) is 40.8 Å². The van der Waals surface area contributed by atoms with Gasteiger partial charge in [0, 0.05) is 12.7 Å². The maximum atomic E-state index is 4.84. The molecule has 0 unspecified atom stereocenters. The quantitative estimate of drug-likeness (QED) is 0.496. The molecule has 0 N–H and O–H groups in total. The Morgan fingerprint density at radius 1 is 0.846 bits per heavy atom. The molecule has 0 spiro atoms. The average Bonchev–Trinajstić information content (AvgIpc) is 3.01. The first-order valence-corrected chi connectivity index (χ1v) is 8.98. The third kappa shape index (κ3) is 3.13. The van der Waals surface area contributed by atoms with Crippen molar-refractivity contribution in [3.05, 3.63) is 84.1 Å². The molecule has 0 aliphatic carbocycles. The predicted molar refractivity (Wildman–Crippen MR) is 107 cm³/mol. The monoisotopic (exact) mass is 341 g/mol. The molecule has 3 nitrogen and oxygen atoms in total. The highest BCUT2D eigenvalue weighted by Gasteiger charge is 2.15. The Bertz CT molecular complexity index is 1020. The van der Waals surface area contributed by atoms with Crippen LogP contribution in [0.3, 0.4) is 0 Å². The van der Waals surface area contributed by atoms with E-state index in [1.165, 1.54) is 11.1 Å². The number of imidazole rings is 1. The molecular weight excluding hydrogens is 318 g/mol.